The number of carbonyl (C=O) groups excluding carboxylic acids is 5. The van der Waals surface area contributed by atoms with Crippen LogP contribution in [-0.4, -0.2) is 76.4 Å². The fourth-order valence-electron chi connectivity index (χ4n) is 5.03. The van der Waals surface area contributed by atoms with Gasteiger partial charge in [-0.3, -0.25) is 19.3 Å². The molecule has 0 radical (unpaired) electrons. The maximum absolute atomic E-state index is 13.7. The highest BCUT2D eigenvalue weighted by Gasteiger charge is 2.41. The normalized spacial score (nSPS) is 19.7. The van der Waals surface area contributed by atoms with E-state index in [1.165, 1.54) is 16.2 Å². The van der Waals surface area contributed by atoms with Crippen molar-refractivity contribution in [3.05, 3.63) is 58.3 Å². The fraction of sp³-hybridized carbons (Fsp3) is 0.467. The van der Waals surface area contributed by atoms with Gasteiger partial charge in [0.05, 0.1) is 0 Å². The number of nitrogens with zero attached hydrogens (tertiary/aromatic N) is 3. The topological polar surface area (TPSA) is 173 Å². The van der Waals surface area contributed by atoms with Gasteiger partial charge in [-0.05, 0) is 74.4 Å². The van der Waals surface area contributed by atoms with Crippen LogP contribution in [0.15, 0.2) is 52.2 Å². The zero-order valence-corrected chi connectivity index (χ0v) is 25.8. The number of carbonyl (C=O) groups is 5. The van der Waals surface area contributed by atoms with Gasteiger partial charge in [0.25, 0.3) is 11.8 Å². The number of likely N-dealkylation sites (tertiary alicyclic amines) is 2. The minimum atomic E-state index is -1.05. The van der Waals surface area contributed by atoms with E-state index in [4.69, 9.17) is 15.2 Å². The molecule has 1 aromatic carbocycles. The Hall–Kier alpha value is -4.46. The fourth-order valence-corrected chi connectivity index (χ4v) is 5.72. The maximum Gasteiger partial charge on any atom is 0.437 e. The molecule has 236 valence electrons. The van der Waals surface area contributed by atoms with Crippen molar-refractivity contribution < 1.29 is 33.4 Å². The number of aliphatic imine (C=N–C) groups is 1. The second-order valence-electron chi connectivity index (χ2n) is 11.5. The summed E-state index contributed by atoms with van der Waals surface area (Å²) in [5, 5.41) is 8.96. The van der Waals surface area contributed by atoms with E-state index in [1.807, 2.05) is 18.2 Å². The molecule has 13 nitrogen and oxygen atoms in total. The van der Waals surface area contributed by atoms with Gasteiger partial charge < -0.3 is 30.7 Å². The number of rotatable bonds is 7. The van der Waals surface area contributed by atoms with Crippen LogP contribution in [0.5, 0.6) is 0 Å². The van der Waals surface area contributed by atoms with Gasteiger partial charge in [-0.2, -0.15) is 11.3 Å². The van der Waals surface area contributed by atoms with Crippen molar-refractivity contribution in [2.75, 3.05) is 13.1 Å². The predicted octanol–water partition coefficient (Wildman–Crippen LogP) is 3.06. The molecule has 0 saturated carbocycles. The van der Waals surface area contributed by atoms with Crippen molar-refractivity contribution in [2.45, 2.75) is 76.8 Å². The van der Waals surface area contributed by atoms with Crippen LogP contribution in [0, 0.1) is 0 Å². The molecular weight excluding hydrogens is 588 g/mol. The summed E-state index contributed by atoms with van der Waals surface area (Å²) in [6, 6.07) is 7.97. The highest BCUT2D eigenvalue weighted by molar-refractivity contribution is 7.08. The zero-order valence-electron chi connectivity index (χ0n) is 25.0. The van der Waals surface area contributed by atoms with E-state index >= 15 is 0 Å². The maximum atomic E-state index is 13.7. The van der Waals surface area contributed by atoms with Gasteiger partial charge in [-0.1, -0.05) is 30.3 Å². The van der Waals surface area contributed by atoms with Crippen LogP contribution in [-0.2, 0) is 30.5 Å². The Morgan fingerprint density at radius 3 is 2.50 bits per heavy atom. The number of thiophene rings is 1. The lowest BCUT2D eigenvalue weighted by Crippen LogP contribution is -2.58. The van der Waals surface area contributed by atoms with Crippen LogP contribution >= 0.6 is 11.3 Å². The Balaban J connectivity index is 1.39. The smallest absolute Gasteiger partial charge is 0.437 e. The van der Waals surface area contributed by atoms with Gasteiger partial charge >= 0.3 is 12.2 Å². The molecule has 0 spiro atoms. The van der Waals surface area contributed by atoms with E-state index in [-0.39, 0.29) is 19.1 Å². The molecule has 4 rings (SSSR count). The molecule has 44 heavy (non-hydrogen) atoms. The van der Waals surface area contributed by atoms with Crippen molar-refractivity contribution in [1.82, 2.24) is 20.4 Å². The first-order valence-electron chi connectivity index (χ1n) is 14.4. The summed E-state index contributed by atoms with van der Waals surface area (Å²) in [4.78, 5) is 71.5. The van der Waals surface area contributed by atoms with Gasteiger partial charge in [0.1, 0.15) is 30.3 Å². The lowest BCUT2D eigenvalue weighted by Gasteiger charge is -2.33. The van der Waals surface area contributed by atoms with Crippen LogP contribution in [0.2, 0.25) is 0 Å². The highest BCUT2D eigenvalue weighted by atomic mass is 32.1. The van der Waals surface area contributed by atoms with Crippen molar-refractivity contribution in [3.8, 4) is 0 Å². The molecule has 5 amide bonds. The number of piperidine rings is 1. The zero-order chi connectivity index (χ0) is 31.9. The number of ether oxygens (including phenoxy) is 2. The van der Waals surface area contributed by atoms with Crippen LogP contribution in [0.25, 0.3) is 0 Å². The minimum Gasteiger partial charge on any atom is -0.444 e. The molecule has 2 aliphatic rings. The molecule has 0 bridgehead atoms. The van der Waals surface area contributed by atoms with Crippen LogP contribution in [0.1, 0.15) is 63.6 Å². The summed E-state index contributed by atoms with van der Waals surface area (Å²) < 4.78 is 10.5. The number of nitrogens with one attached hydrogen (secondary N) is 2. The molecule has 4 N–H and O–H groups in total. The average Bonchev–Trinajstić information content (AvgIpc) is 3.68. The summed E-state index contributed by atoms with van der Waals surface area (Å²) in [5.74, 6) is -1.78. The Bertz CT molecular complexity index is 1380. The first-order chi connectivity index (χ1) is 20.9. The molecule has 2 saturated heterocycles. The Labute approximate surface area is 259 Å². The average molecular weight is 627 g/mol. The summed E-state index contributed by atoms with van der Waals surface area (Å²) in [5.41, 5.74) is 6.57. The number of hydrogen-bond acceptors (Lipinski definition) is 8. The number of alkyl carbamates (subject to hydrolysis) is 1. The van der Waals surface area contributed by atoms with E-state index in [9.17, 15) is 24.0 Å². The SMILES string of the molecule is CC(C)(C)OC(=O)N[C@@H](C(=O)N1CCC[C@H]1C(=O)N[C@H]1CCCN(/C(N)=N/C(=O)OCc2ccccc2)C1=O)c1ccsc1. The van der Waals surface area contributed by atoms with Crippen molar-refractivity contribution in [1.29, 1.82) is 0 Å². The first kappa shape index (κ1) is 32.5. The van der Waals surface area contributed by atoms with Crippen LogP contribution < -0.4 is 16.4 Å². The number of nitrogens with two attached hydrogens (primary N) is 1. The third-order valence-corrected chi connectivity index (χ3v) is 7.77. The van der Waals surface area contributed by atoms with Gasteiger partial charge in [0.15, 0.2) is 0 Å². The predicted molar refractivity (Wildman–Crippen MR) is 162 cm³/mol. The van der Waals surface area contributed by atoms with E-state index in [2.05, 4.69) is 15.6 Å². The number of hydrogen-bond donors (Lipinski definition) is 3. The summed E-state index contributed by atoms with van der Waals surface area (Å²) >= 11 is 1.37. The quantitative estimate of drug-likeness (QED) is 0.311. The Kier molecular flexibility index (Phi) is 10.6. The van der Waals surface area contributed by atoms with Gasteiger partial charge in [-0.25, -0.2) is 9.59 Å². The van der Waals surface area contributed by atoms with Crippen molar-refractivity contribution in [2.24, 2.45) is 10.7 Å². The van der Waals surface area contributed by atoms with E-state index < -0.39 is 53.6 Å². The lowest BCUT2D eigenvalue weighted by molar-refractivity contribution is -0.142. The Morgan fingerprint density at radius 2 is 1.82 bits per heavy atom. The van der Waals surface area contributed by atoms with E-state index in [0.29, 0.717) is 37.8 Å². The molecule has 3 heterocycles. The molecule has 0 unspecified atom stereocenters. The Morgan fingerprint density at radius 1 is 1.09 bits per heavy atom. The first-order valence-corrected chi connectivity index (χ1v) is 15.4. The molecule has 14 heteroatoms. The number of benzene rings is 1. The molecule has 3 atom stereocenters. The van der Waals surface area contributed by atoms with Crippen LogP contribution in [0.4, 0.5) is 9.59 Å². The molecular formula is C30H38N6O7S. The van der Waals surface area contributed by atoms with E-state index in [0.717, 1.165) is 10.5 Å². The summed E-state index contributed by atoms with van der Waals surface area (Å²) in [7, 11) is 0. The number of guanidine groups is 1. The van der Waals surface area contributed by atoms with E-state index in [1.54, 1.807) is 49.7 Å². The minimum absolute atomic E-state index is 0.000249. The second-order valence-corrected chi connectivity index (χ2v) is 12.3. The molecule has 2 fully saturated rings. The standard InChI is InChI=1S/C30H38N6O7S/c1-30(2,3)43-29(41)33-23(20-13-16-44-18-20)26(39)35-14-8-12-22(35)24(37)32-21-11-7-15-36(25(21)38)27(31)34-28(40)42-17-19-9-5-4-6-10-19/h4-6,9-10,13,16,18,21-23H,7-8,11-12,14-15,17H2,1-3H3,(H,32,37)(H,33,41)(H2,31,34,40)/t21-,22-,23+/m0/s1. The molecule has 0 aliphatic carbocycles. The van der Waals surface area contributed by atoms with Crippen molar-refractivity contribution >= 4 is 47.2 Å². The van der Waals surface area contributed by atoms with Gasteiger partial charge in [-0.15, -0.1) is 4.99 Å². The lowest BCUT2D eigenvalue weighted by atomic mass is 10.0. The highest BCUT2D eigenvalue weighted by Crippen LogP contribution is 2.26. The molecule has 2 aliphatic heterocycles. The molecule has 2 aromatic rings. The summed E-state index contributed by atoms with van der Waals surface area (Å²) in [6.45, 7) is 5.70. The second kappa shape index (κ2) is 14.3. The molecule has 1 aromatic heterocycles. The third kappa shape index (κ3) is 8.56. The number of amides is 5. The van der Waals surface area contributed by atoms with Crippen molar-refractivity contribution in [3.63, 3.8) is 0 Å². The third-order valence-electron chi connectivity index (χ3n) is 7.07. The summed E-state index contributed by atoms with van der Waals surface area (Å²) in [6.07, 6.45) is 0.123. The largest absolute Gasteiger partial charge is 0.444 e. The van der Waals surface area contributed by atoms with Crippen LogP contribution in [0.3, 0.4) is 0 Å². The van der Waals surface area contributed by atoms with Gasteiger partial charge in [0, 0.05) is 13.1 Å². The van der Waals surface area contributed by atoms with Gasteiger partial charge in [0.2, 0.25) is 11.9 Å². The monoisotopic (exact) mass is 626 g/mol.